The molecule has 1 aromatic rings. The number of nitrogens with one attached hydrogen (secondary N) is 2. The minimum absolute atomic E-state index is 0. The van der Waals surface area contributed by atoms with Crippen LogP contribution in [0.5, 0.6) is 0 Å². The third-order valence-electron chi connectivity index (χ3n) is 3.70. The highest BCUT2D eigenvalue weighted by Crippen LogP contribution is 2.09. The second-order valence-electron chi connectivity index (χ2n) is 5.45. The topological polar surface area (TPSA) is 61.7 Å². The molecule has 0 radical (unpaired) electrons. The summed E-state index contributed by atoms with van der Waals surface area (Å²) in [6.45, 7) is 7.14. The van der Waals surface area contributed by atoms with Crippen LogP contribution in [0.1, 0.15) is 26.2 Å². The molecular formula is C16H28IN5O. The summed E-state index contributed by atoms with van der Waals surface area (Å²) in [5, 5.41) is 6.58. The van der Waals surface area contributed by atoms with Gasteiger partial charge in [-0.2, -0.15) is 0 Å². The van der Waals surface area contributed by atoms with Gasteiger partial charge in [0.1, 0.15) is 0 Å². The number of rotatable bonds is 8. The second kappa shape index (κ2) is 11.3. The van der Waals surface area contributed by atoms with E-state index in [9.17, 15) is 4.79 Å². The highest BCUT2D eigenvalue weighted by Gasteiger charge is 2.18. The van der Waals surface area contributed by atoms with Crippen LogP contribution in [0.4, 0.5) is 0 Å². The Morgan fingerprint density at radius 3 is 2.70 bits per heavy atom. The molecule has 0 bridgehead atoms. The van der Waals surface area contributed by atoms with Crippen LogP contribution < -0.4 is 10.6 Å². The quantitative estimate of drug-likeness (QED) is 0.284. The highest BCUT2D eigenvalue weighted by molar-refractivity contribution is 14.0. The number of halogens is 1. The van der Waals surface area contributed by atoms with Crippen molar-refractivity contribution in [2.45, 2.75) is 32.7 Å². The SMILES string of the molecule is CCNC(=NCCCN1CCCC1=O)NCCn1cccc1.I. The van der Waals surface area contributed by atoms with Crippen LogP contribution in [0, 0.1) is 0 Å². The molecule has 1 aromatic heterocycles. The zero-order valence-electron chi connectivity index (χ0n) is 13.8. The fraction of sp³-hybridized carbons (Fsp3) is 0.625. The van der Waals surface area contributed by atoms with Crippen LogP contribution >= 0.6 is 24.0 Å². The summed E-state index contributed by atoms with van der Waals surface area (Å²) >= 11 is 0. The van der Waals surface area contributed by atoms with Crippen LogP contribution in [0.25, 0.3) is 0 Å². The maximum atomic E-state index is 11.5. The number of aliphatic imine (C=N–C) groups is 1. The van der Waals surface area contributed by atoms with E-state index in [1.807, 2.05) is 17.0 Å². The number of aromatic nitrogens is 1. The van der Waals surface area contributed by atoms with E-state index in [1.54, 1.807) is 0 Å². The monoisotopic (exact) mass is 433 g/mol. The number of hydrogen-bond acceptors (Lipinski definition) is 2. The second-order valence-corrected chi connectivity index (χ2v) is 5.45. The van der Waals surface area contributed by atoms with E-state index in [0.717, 1.165) is 58.1 Å². The van der Waals surface area contributed by atoms with Gasteiger partial charge in [0.15, 0.2) is 5.96 Å². The number of likely N-dealkylation sites (tertiary alicyclic amines) is 1. The first kappa shape index (κ1) is 19.8. The van der Waals surface area contributed by atoms with Crippen molar-refractivity contribution in [2.24, 2.45) is 4.99 Å². The highest BCUT2D eigenvalue weighted by atomic mass is 127. The van der Waals surface area contributed by atoms with E-state index >= 15 is 0 Å². The molecule has 130 valence electrons. The molecule has 23 heavy (non-hydrogen) atoms. The molecule has 2 N–H and O–H groups in total. The first-order chi connectivity index (χ1) is 10.8. The molecular weight excluding hydrogens is 405 g/mol. The zero-order chi connectivity index (χ0) is 15.6. The Bertz CT molecular complexity index is 475. The minimum atomic E-state index is 0. The number of hydrogen-bond donors (Lipinski definition) is 2. The van der Waals surface area contributed by atoms with Crippen molar-refractivity contribution in [3.63, 3.8) is 0 Å². The Kier molecular flexibility index (Phi) is 9.74. The standard InChI is InChI=1S/C16H27N5O.HI/c1-2-17-16(19-9-14-20-10-3-4-11-20)18-8-6-13-21-12-5-7-15(21)22;/h3-4,10-11H,2,5-9,12-14H2,1H3,(H2,17,18,19);1H. The van der Waals surface area contributed by atoms with E-state index in [-0.39, 0.29) is 24.0 Å². The van der Waals surface area contributed by atoms with Crippen molar-refractivity contribution in [3.05, 3.63) is 24.5 Å². The molecule has 0 spiro atoms. The lowest BCUT2D eigenvalue weighted by atomic mass is 10.4. The summed E-state index contributed by atoms with van der Waals surface area (Å²) in [5.74, 6) is 1.14. The maximum absolute atomic E-state index is 11.5. The van der Waals surface area contributed by atoms with Crippen LogP contribution in [0.3, 0.4) is 0 Å². The smallest absolute Gasteiger partial charge is 0.222 e. The Morgan fingerprint density at radius 1 is 1.26 bits per heavy atom. The first-order valence-corrected chi connectivity index (χ1v) is 8.20. The van der Waals surface area contributed by atoms with Gasteiger partial charge in [0.2, 0.25) is 5.91 Å². The average Bonchev–Trinajstić information content (AvgIpc) is 3.15. The maximum Gasteiger partial charge on any atom is 0.222 e. The molecule has 6 nitrogen and oxygen atoms in total. The molecule has 2 heterocycles. The van der Waals surface area contributed by atoms with Gasteiger partial charge in [0.05, 0.1) is 0 Å². The van der Waals surface area contributed by atoms with Gasteiger partial charge in [-0.3, -0.25) is 9.79 Å². The number of nitrogens with zero attached hydrogens (tertiary/aromatic N) is 3. The number of amides is 1. The van der Waals surface area contributed by atoms with Gasteiger partial charge in [0.25, 0.3) is 0 Å². The molecule has 0 aliphatic carbocycles. The van der Waals surface area contributed by atoms with Crippen LogP contribution in [-0.2, 0) is 11.3 Å². The lowest BCUT2D eigenvalue weighted by Gasteiger charge is -2.15. The van der Waals surface area contributed by atoms with E-state index in [0.29, 0.717) is 12.3 Å². The van der Waals surface area contributed by atoms with Gasteiger partial charge >= 0.3 is 0 Å². The molecule has 0 atom stereocenters. The summed E-state index contributed by atoms with van der Waals surface area (Å²) in [6, 6.07) is 4.05. The van der Waals surface area contributed by atoms with E-state index in [4.69, 9.17) is 0 Å². The molecule has 1 aliphatic heterocycles. The Labute approximate surface area is 155 Å². The predicted octanol–water partition coefficient (Wildman–Crippen LogP) is 1.67. The molecule has 0 aromatic carbocycles. The van der Waals surface area contributed by atoms with Crippen molar-refractivity contribution >= 4 is 35.8 Å². The summed E-state index contributed by atoms with van der Waals surface area (Å²) < 4.78 is 2.13. The summed E-state index contributed by atoms with van der Waals surface area (Å²) in [7, 11) is 0. The van der Waals surface area contributed by atoms with Gasteiger partial charge in [-0.25, -0.2) is 0 Å². The van der Waals surface area contributed by atoms with Crippen molar-refractivity contribution < 1.29 is 4.79 Å². The molecule has 0 saturated carbocycles. The summed E-state index contributed by atoms with van der Waals surface area (Å²) in [5.41, 5.74) is 0. The third kappa shape index (κ3) is 7.24. The van der Waals surface area contributed by atoms with Gasteiger partial charge in [0, 0.05) is 58.1 Å². The number of guanidine groups is 1. The Balaban J connectivity index is 0.00000264. The van der Waals surface area contributed by atoms with Crippen LogP contribution in [-0.4, -0.2) is 54.1 Å². The molecule has 7 heteroatoms. The fourth-order valence-corrected chi connectivity index (χ4v) is 2.56. The van der Waals surface area contributed by atoms with E-state index in [2.05, 4.69) is 39.5 Å². The molecule has 1 saturated heterocycles. The van der Waals surface area contributed by atoms with Crippen molar-refractivity contribution in [1.82, 2.24) is 20.1 Å². The van der Waals surface area contributed by atoms with Crippen LogP contribution in [0.15, 0.2) is 29.5 Å². The molecule has 1 amide bonds. The van der Waals surface area contributed by atoms with Gasteiger partial charge in [-0.1, -0.05) is 0 Å². The Morgan fingerprint density at radius 2 is 2.04 bits per heavy atom. The number of carbonyl (C=O) groups is 1. The van der Waals surface area contributed by atoms with Crippen LogP contribution in [0.2, 0.25) is 0 Å². The third-order valence-corrected chi connectivity index (χ3v) is 3.70. The largest absolute Gasteiger partial charge is 0.357 e. The number of carbonyl (C=O) groups excluding carboxylic acids is 1. The van der Waals surface area contributed by atoms with Gasteiger partial charge in [-0.05, 0) is 31.9 Å². The minimum Gasteiger partial charge on any atom is -0.357 e. The summed E-state index contributed by atoms with van der Waals surface area (Å²) in [4.78, 5) is 18.0. The molecule has 1 aliphatic rings. The van der Waals surface area contributed by atoms with Gasteiger partial charge in [-0.15, -0.1) is 24.0 Å². The Hall–Kier alpha value is -1.25. The average molecular weight is 433 g/mol. The molecule has 2 rings (SSSR count). The van der Waals surface area contributed by atoms with E-state index < -0.39 is 0 Å². The van der Waals surface area contributed by atoms with Crippen molar-refractivity contribution in [3.8, 4) is 0 Å². The van der Waals surface area contributed by atoms with Crippen molar-refractivity contribution in [1.29, 1.82) is 0 Å². The first-order valence-electron chi connectivity index (χ1n) is 8.20. The fourth-order valence-electron chi connectivity index (χ4n) is 2.56. The molecule has 1 fully saturated rings. The lowest BCUT2D eigenvalue weighted by molar-refractivity contribution is -0.127. The lowest BCUT2D eigenvalue weighted by Crippen LogP contribution is -2.39. The summed E-state index contributed by atoms with van der Waals surface area (Å²) in [6.07, 6.45) is 6.75. The predicted molar refractivity (Wildman–Crippen MR) is 104 cm³/mol. The van der Waals surface area contributed by atoms with Crippen molar-refractivity contribution in [2.75, 3.05) is 32.7 Å². The molecule has 0 unspecified atom stereocenters. The zero-order valence-corrected chi connectivity index (χ0v) is 16.2. The van der Waals surface area contributed by atoms with Gasteiger partial charge < -0.3 is 20.1 Å². The van der Waals surface area contributed by atoms with E-state index in [1.165, 1.54) is 0 Å². The normalized spacial score (nSPS) is 14.7.